The number of piperazine rings is 1. The first-order chi connectivity index (χ1) is 14.1. The normalized spacial score (nSPS) is 14.0. The molecule has 3 aromatic rings. The number of hydrogen-bond donors (Lipinski definition) is 1. The quantitative estimate of drug-likeness (QED) is 0.707. The second-order valence-corrected chi connectivity index (χ2v) is 6.95. The Bertz CT molecular complexity index is 988. The van der Waals surface area contributed by atoms with Crippen molar-refractivity contribution in [1.29, 1.82) is 0 Å². The molecule has 1 aromatic heterocycles. The zero-order chi connectivity index (χ0) is 20.2. The van der Waals surface area contributed by atoms with Crippen molar-refractivity contribution < 1.29 is 9.13 Å². The summed E-state index contributed by atoms with van der Waals surface area (Å²) in [6.07, 6.45) is 0. The molecule has 1 aliphatic rings. The van der Waals surface area contributed by atoms with E-state index in [4.69, 9.17) is 9.72 Å². The number of ether oxygens (including phenoxy) is 1. The molecule has 1 aliphatic heterocycles. The molecule has 6 nitrogen and oxygen atoms in total. The molecule has 0 spiro atoms. The summed E-state index contributed by atoms with van der Waals surface area (Å²) in [5, 5.41) is 3.32. The summed E-state index contributed by atoms with van der Waals surface area (Å²) < 4.78 is 19.5. The monoisotopic (exact) mass is 393 g/mol. The Kier molecular flexibility index (Phi) is 5.46. The van der Waals surface area contributed by atoms with Crippen LogP contribution in [0.2, 0.25) is 0 Å². The van der Waals surface area contributed by atoms with Gasteiger partial charge in [-0.05, 0) is 31.2 Å². The van der Waals surface area contributed by atoms with Crippen LogP contribution in [0.15, 0.2) is 54.6 Å². The molecule has 0 saturated carbocycles. The molecule has 1 saturated heterocycles. The third kappa shape index (κ3) is 4.23. The van der Waals surface area contributed by atoms with Crippen LogP contribution in [0.5, 0.6) is 5.75 Å². The predicted molar refractivity (Wildman–Crippen MR) is 114 cm³/mol. The fourth-order valence-electron chi connectivity index (χ4n) is 3.50. The molecular weight excluding hydrogens is 369 g/mol. The zero-order valence-corrected chi connectivity index (χ0v) is 16.6. The van der Waals surface area contributed by atoms with E-state index in [0.29, 0.717) is 30.5 Å². The van der Waals surface area contributed by atoms with Crippen LogP contribution >= 0.6 is 0 Å². The standard InChI is InChI=1S/C22H24FN5O/c1-16-15-21(25-18-8-4-6-10-20(18)29-2)26-22(24-16)28-13-11-27(12-14-28)19-9-5-3-7-17(19)23/h3-10,15H,11-14H2,1-2H3,(H,24,25,26). The van der Waals surface area contributed by atoms with Crippen molar-refractivity contribution in [2.24, 2.45) is 0 Å². The lowest BCUT2D eigenvalue weighted by atomic mass is 10.2. The van der Waals surface area contributed by atoms with Crippen LogP contribution in [0.3, 0.4) is 0 Å². The van der Waals surface area contributed by atoms with Gasteiger partial charge in [0.2, 0.25) is 5.95 Å². The fraction of sp³-hybridized carbons (Fsp3) is 0.273. The van der Waals surface area contributed by atoms with Crippen molar-refractivity contribution >= 4 is 23.1 Å². The number of anilines is 4. The lowest BCUT2D eigenvalue weighted by Gasteiger charge is -2.36. The second-order valence-electron chi connectivity index (χ2n) is 6.95. The number of para-hydroxylation sites is 3. The van der Waals surface area contributed by atoms with Gasteiger partial charge >= 0.3 is 0 Å². The summed E-state index contributed by atoms with van der Waals surface area (Å²) in [5.41, 5.74) is 2.38. The Morgan fingerprint density at radius 3 is 2.38 bits per heavy atom. The van der Waals surface area contributed by atoms with Crippen molar-refractivity contribution in [3.8, 4) is 5.75 Å². The van der Waals surface area contributed by atoms with Crippen molar-refractivity contribution in [3.63, 3.8) is 0 Å². The molecule has 4 rings (SSSR count). The van der Waals surface area contributed by atoms with E-state index in [1.807, 2.05) is 49.4 Å². The lowest BCUT2D eigenvalue weighted by Crippen LogP contribution is -2.47. The molecule has 0 unspecified atom stereocenters. The topological polar surface area (TPSA) is 53.5 Å². The molecular formula is C22H24FN5O. The number of nitrogens with one attached hydrogen (secondary N) is 1. The Morgan fingerprint density at radius 1 is 0.931 bits per heavy atom. The number of benzene rings is 2. The molecule has 0 atom stereocenters. The van der Waals surface area contributed by atoms with Crippen molar-refractivity contribution in [1.82, 2.24) is 9.97 Å². The summed E-state index contributed by atoms with van der Waals surface area (Å²) in [6.45, 7) is 4.84. The number of methoxy groups -OCH3 is 1. The SMILES string of the molecule is COc1ccccc1Nc1cc(C)nc(N2CCN(c3ccccc3F)CC2)n1. The van der Waals surface area contributed by atoms with Gasteiger partial charge < -0.3 is 19.9 Å². The third-order valence-corrected chi connectivity index (χ3v) is 4.97. The van der Waals surface area contributed by atoms with Crippen LogP contribution in [-0.4, -0.2) is 43.3 Å². The average Bonchev–Trinajstić information content (AvgIpc) is 2.74. The van der Waals surface area contributed by atoms with Crippen LogP contribution in [-0.2, 0) is 0 Å². The number of aryl methyl sites for hydroxylation is 1. The third-order valence-electron chi connectivity index (χ3n) is 4.97. The highest BCUT2D eigenvalue weighted by Crippen LogP contribution is 2.27. The Morgan fingerprint density at radius 2 is 1.62 bits per heavy atom. The maximum atomic E-state index is 14.1. The highest BCUT2D eigenvalue weighted by molar-refractivity contribution is 5.65. The van der Waals surface area contributed by atoms with Gasteiger partial charge in [-0.25, -0.2) is 9.37 Å². The van der Waals surface area contributed by atoms with Gasteiger partial charge in [0.15, 0.2) is 0 Å². The molecule has 0 bridgehead atoms. The fourth-order valence-corrected chi connectivity index (χ4v) is 3.50. The summed E-state index contributed by atoms with van der Waals surface area (Å²) in [7, 11) is 1.65. The van der Waals surface area contributed by atoms with E-state index < -0.39 is 0 Å². The maximum absolute atomic E-state index is 14.1. The molecule has 7 heteroatoms. The summed E-state index contributed by atoms with van der Waals surface area (Å²) in [6, 6.07) is 16.5. The van der Waals surface area contributed by atoms with E-state index in [1.165, 1.54) is 6.07 Å². The first-order valence-electron chi connectivity index (χ1n) is 9.64. The van der Waals surface area contributed by atoms with Gasteiger partial charge in [-0.1, -0.05) is 24.3 Å². The first-order valence-corrected chi connectivity index (χ1v) is 9.64. The van der Waals surface area contributed by atoms with Crippen LogP contribution in [0.1, 0.15) is 5.69 Å². The Hall–Kier alpha value is -3.35. The molecule has 1 fully saturated rings. The number of aromatic nitrogens is 2. The summed E-state index contributed by atoms with van der Waals surface area (Å²) in [5.74, 6) is 1.96. The molecule has 150 valence electrons. The van der Waals surface area contributed by atoms with Crippen LogP contribution < -0.4 is 19.9 Å². The predicted octanol–water partition coefficient (Wildman–Crippen LogP) is 4.00. The van der Waals surface area contributed by atoms with Crippen LogP contribution in [0.25, 0.3) is 0 Å². The van der Waals surface area contributed by atoms with E-state index in [1.54, 1.807) is 13.2 Å². The zero-order valence-electron chi connectivity index (χ0n) is 16.6. The van der Waals surface area contributed by atoms with E-state index in [2.05, 4.69) is 20.1 Å². The summed E-state index contributed by atoms with van der Waals surface area (Å²) >= 11 is 0. The van der Waals surface area contributed by atoms with Crippen molar-refractivity contribution in [2.45, 2.75) is 6.92 Å². The van der Waals surface area contributed by atoms with E-state index >= 15 is 0 Å². The van der Waals surface area contributed by atoms with Gasteiger partial charge in [0.1, 0.15) is 17.4 Å². The summed E-state index contributed by atoms with van der Waals surface area (Å²) in [4.78, 5) is 13.5. The molecule has 0 amide bonds. The van der Waals surface area contributed by atoms with Gasteiger partial charge in [-0.15, -0.1) is 0 Å². The molecule has 29 heavy (non-hydrogen) atoms. The van der Waals surface area contributed by atoms with Gasteiger partial charge in [0, 0.05) is 37.9 Å². The van der Waals surface area contributed by atoms with E-state index in [0.717, 1.165) is 30.2 Å². The minimum absolute atomic E-state index is 0.184. The highest BCUT2D eigenvalue weighted by Gasteiger charge is 2.21. The Labute approximate surface area is 170 Å². The van der Waals surface area contributed by atoms with Crippen molar-refractivity contribution in [3.05, 3.63) is 66.1 Å². The second kappa shape index (κ2) is 8.34. The number of rotatable bonds is 5. The molecule has 0 radical (unpaired) electrons. The van der Waals surface area contributed by atoms with Crippen molar-refractivity contribution in [2.75, 3.05) is 48.4 Å². The van der Waals surface area contributed by atoms with Gasteiger partial charge in [-0.3, -0.25) is 0 Å². The highest BCUT2D eigenvalue weighted by atomic mass is 19.1. The van der Waals surface area contributed by atoms with E-state index in [9.17, 15) is 4.39 Å². The van der Waals surface area contributed by atoms with Gasteiger partial charge in [0.25, 0.3) is 0 Å². The average molecular weight is 393 g/mol. The number of nitrogens with zero attached hydrogens (tertiary/aromatic N) is 4. The van der Waals surface area contributed by atoms with Crippen LogP contribution in [0.4, 0.5) is 27.5 Å². The Balaban J connectivity index is 1.49. The maximum Gasteiger partial charge on any atom is 0.227 e. The molecule has 2 heterocycles. The first kappa shape index (κ1) is 19.0. The van der Waals surface area contributed by atoms with E-state index in [-0.39, 0.29) is 5.82 Å². The largest absolute Gasteiger partial charge is 0.495 e. The van der Waals surface area contributed by atoms with Gasteiger partial charge in [-0.2, -0.15) is 4.98 Å². The number of hydrogen-bond acceptors (Lipinski definition) is 6. The number of halogens is 1. The lowest BCUT2D eigenvalue weighted by molar-refractivity contribution is 0.417. The minimum atomic E-state index is -0.184. The molecule has 1 N–H and O–H groups in total. The smallest absolute Gasteiger partial charge is 0.227 e. The van der Waals surface area contributed by atoms with Gasteiger partial charge in [0.05, 0.1) is 18.5 Å². The minimum Gasteiger partial charge on any atom is -0.495 e. The molecule has 0 aliphatic carbocycles. The molecule has 2 aromatic carbocycles. The van der Waals surface area contributed by atoms with Crippen LogP contribution in [0, 0.1) is 12.7 Å².